The first kappa shape index (κ1) is 18.9. The van der Waals surface area contributed by atoms with Crippen LogP contribution in [-0.4, -0.2) is 41.4 Å². The van der Waals surface area contributed by atoms with Crippen LogP contribution in [0.1, 0.15) is 5.56 Å². The maximum Gasteiger partial charge on any atom is 0.113 e. The van der Waals surface area contributed by atoms with Gasteiger partial charge in [-0.05, 0) is 48.4 Å². The highest BCUT2D eigenvalue weighted by atomic mass is 79.9. The van der Waals surface area contributed by atoms with Crippen molar-refractivity contribution in [3.8, 4) is 0 Å². The molecule has 0 bridgehead atoms. The number of hydrogen-bond acceptors (Lipinski definition) is 5. The van der Waals surface area contributed by atoms with E-state index in [9.17, 15) is 0 Å². The minimum atomic E-state index is 0.616. The zero-order valence-corrected chi connectivity index (χ0v) is 17.9. The lowest BCUT2D eigenvalue weighted by molar-refractivity contribution is 0.158. The monoisotopic (exact) mass is 461 g/mol. The Balaban J connectivity index is 1.41. The van der Waals surface area contributed by atoms with Gasteiger partial charge in [0.1, 0.15) is 11.0 Å². The van der Waals surface area contributed by atoms with Crippen molar-refractivity contribution in [1.29, 1.82) is 0 Å². The van der Waals surface area contributed by atoms with Gasteiger partial charge >= 0.3 is 0 Å². The minimum absolute atomic E-state index is 0.616. The van der Waals surface area contributed by atoms with Gasteiger partial charge in [-0.15, -0.1) is 10.2 Å². The van der Waals surface area contributed by atoms with E-state index in [1.165, 1.54) is 5.56 Å². The maximum atomic E-state index is 4.37. The molecule has 0 saturated heterocycles. The molecule has 2 aromatic heterocycles. The van der Waals surface area contributed by atoms with E-state index < -0.39 is 0 Å². The molecule has 0 atom stereocenters. The molecule has 0 unspecified atom stereocenters. The van der Waals surface area contributed by atoms with Crippen molar-refractivity contribution in [3.05, 3.63) is 82.8 Å². The van der Waals surface area contributed by atoms with E-state index in [1.807, 2.05) is 57.9 Å². The fourth-order valence-corrected chi connectivity index (χ4v) is 3.81. The predicted molar refractivity (Wildman–Crippen MR) is 120 cm³/mol. The van der Waals surface area contributed by atoms with E-state index >= 15 is 0 Å². The van der Waals surface area contributed by atoms with Gasteiger partial charge in [0.25, 0.3) is 0 Å². The lowest BCUT2D eigenvalue weighted by Crippen LogP contribution is -2.31. The third-order valence-electron chi connectivity index (χ3n) is 5.14. The Morgan fingerprint density at radius 1 is 0.700 bits per heavy atom. The molecule has 2 heterocycles. The normalized spacial score (nSPS) is 11.7. The molecule has 0 spiro atoms. The van der Waals surface area contributed by atoms with E-state index in [2.05, 4.69) is 65.7 Å². The van der Waals surface area contributed by atoms with Gasteiger partial charge in [0.2, 0.25) is 0 Å². The molecule has 0 aliphatic carbocycles. The molecule has 0 saturated carbocycles. The summed E-state index contributed by atoms with van der Waals surface area (Å²) in [5, 5.41) is 17.3. The average molecular weight is 462 g/mol. The number of aromatic nitrogens is 6. The summed E-state index contributed by atoms with van der Waals surface area (Å²) in [6.45, 7) is 2.08. The molecular formula is C22H20BrN7. The van der Waals surface area contributed by atoms with Gasteiger partial charge in [-0.3, -0.25) is 4.90 Å². The summed E-state index contributed by atoms with van der Waals surface area (Å²) in [5.41, 5.74) is 5.13. The maximum absolute atomic E-state index is 4.37. The van der Waals surface area contributed by atoms with Crippen molar-refractivity contribution in [3.63, 3.8) is 0 Å². The molecular weight excluding hydrogens is 442 g/mol. The standard InChI is InChI=1S/C22H20BrN7/c23-18-11-9-17(10-12-18)13-14-28(15-29-21-7-3-1-5-19(21)24-26-29)16-30-22-8-4-2-6-20(22)25-27-30/h1-12H,13-16H2. The summed E-state index contributed by atoms with van der Waals surface area (Å²) in [4.78, 5) is 2.31. The van der Waals surface area contributed by atoms with Crippen LogP contribution < -0.4 is 0 Å². The summed E-state index contributed by atoms with van der Waals surface area (Å²) in [5.74, 6) is 0. The molecule has 0 aliphatic heterocycles. The van der Waals surface area contributed by atoms with Gasteiger partial charge < -0.3 is 0 Å². The molecule has 150 valence electrons. The molecule has 0 radical (unpaired) electrons. The van der Waals surface area contributed by atoms with E-state index in [0.29, 0.717) is 13.3 Å². The van der Waals surface area contributed by atoms with Gasteiger partial charge in [-0.2, -0.15) is 0 Å². The quantitative estimate of drug-likeness (QED) is 0.365. The zero-order chi connectivity index (χ0) is 20.3. The number of hydrogen-bond donors (Lipinski definition) is 0. The number of fused-ring (bicyclic) bond motifs is 2. The van der Waals surface area contributed by atoms with Crippen molar-refractivity contribution in [2.75, 3.05) is 6.54 Å². The summed E-state index contributed by atoms with van der Waals surface area (Å²) >= 11 is 3.50. The summed E-state index contributed by atoms with van der Waals surface area (Å²) < 4.78 is 4.97. The van der Waals surface area contributed by atoms with E-state index in [4.69, 9.17) is 0 Å². The van der Waals surface area contributed by atoms with Crippen LogP contribution in [0.2, 0.25) is 0 Å². The van der Waals surface area contributed by atoms with Crippen LogP contribution >= 0.6 is 15.9 Å². The van der Waals surface area contributed by atoms with Crippen LogP contribution in [0.3, 0.4) is 0 Å². The molecule has 0 amide bonds. The second kappa shape index (κ2) is 8.33. The second-order valence-electron chi connectivity index (χ2n) is 7.21. The number of rotatable bonds is 7. The van der Waals surface area contributed by atoms with Crippen LogP contribution in [0.5, 0.6) is 0 Å². The van der Waals surface area contributed by atoms with Crippen LogP contribution in [0.15, 0.2) is 77.3 Å². The topological polar surface area (TPSA) is 64.7 Å². The van der Waals surface area contributed by atoms with Gasteiger partial charge in [-0.25, -0.2) is 9.36 Å². The molecule has 30 heavy (non-hydrogen) atoms. The molecule has 8 heteroatoms. The number of benzene rings is 3. The Bertz CT molecular complexity index is 1200. The van der Waals surface area contributed by atoms with Crippen LogP contribution in [0.4, 0.5) is 0 Å². The Morgan fingerprint density at radius 3 is 1.80 bits per heavy atom. The zero-order valence-electron chi connectivity index (χ0n) is 16.3. The van der Waals surface area contributed by atoms with E-state index in [0.717, 1.165) is 39.5 Å². The summed E-state index contributed by atoms with van der Waals surface area (Å²) in [6.07, 6.45) is 0.923. The molecule has 5 rings (SSSR count). The van der Waals surface area contributed by atoms with Gasteiger partial charge in [-0.1, -0.05) is 62.8 Å². The van der Waals surface area contributed by atoms with Crippen molar-refractivity contribution >= 4 is 38.0 Å². The van der Waals surface area contributed by atoms with Gasteiger partial charge in [0.05, 0.1) is 24.4 Å². The summed E-state index contributed by atoms with van der Waals surface area (Å²) in [7, 11) is 0. The fraction of sp³-hybridized carbons (Fsp3) is 0.182. The first-order valence-corrected chi connectivity index (χ1v) is 10.6. The molecule has 3 aromatic carbocycles. The molecule has 0 N–H and O–H groups in total. The molecule has 7 nitrogen and oxygen atoms in total. The smallest absolute Gasteiger partial charge is 0.113 e. The third-order valence-corrected chi connectivity index (χ3v) is 5.67. The largest absolute Gasteiger partial charge is 0.264 e. The fourth-order valence-electron chi connectivity index (χ4n) is 3.55. The number of halogens is 1. The Labute approximate surface area is 182 Å². The molecule has 0 fully saturated rings. The lowest BCUT2D eigenvalue weighted by Gasteiger charge is -2.22. The average Bonchev–Trinajstić information content (AvgIpc) is 3.38. The SMILES string of the molecule is Brc1ccc(CCN(Cn2nnc3ccccc32)Cn2nnc3ccccc32)cc1. The highest BCUT2D eigenvalue weighted by Gasteiger charge is 2.13. The van der Waals surface area contributed by atoms with E-state index in [-0.39, 0.29) is 0 Å². The highest BCUT2D eigenvalue weighted by molar-refractivity contribution is 9.10. The van der Waals surface area contributed by atoms with Crippen molar-refractivity contribution in [1.82, 2.24) is 34.9 Å². The molecule has 5 aromatic rings. The highest BCUT2D eigenvalue weighted by Crippen LogP contribution is 2.15. The van der Waals surface area contributed by atoms with Crippen LogP contribution in [0.25, 0.3) is 22.1 Å². The lowest BCUT2D eigenvalue weighted by atomic mass is 10.1. The van der Waals surface area contributed by atoms with Gasteiger partial charge in [0, 0.05) is 11.0 Å². The second-order valence-corrected chi connectivity index (χ2v) is 8.12. The number of para-hydroxylation sites is 2. The van der Waals surface area contributed by atoms with Gasteiger partial charge in [0.15, 0.2) is 0 Å². The third kappa shape index (κ3) is 3.96. The van der Waals surface area contributed by atoms with Crippen molar-refractivity contribution in [2.45, 2.75) is 19.8 Å². The number of nitrogens with zero attached hydrogens (tertiary/aromatic N) is 7. The summed E-state index contributed by atoms with van der Waals surface area (Å²) in [6, 6.07) is 24.5. The first-order chi connectivity index (χ1) is 14.8. The Morgan fingerprint density at radius 2 is 1.23 bits per heavy atom. The first-order valence-electron chi connectivity index (χ1n) is 9.79. The molecule has 0 aliphatic rings. The van der Waals surface area contributed by atoms with Crippen LogP contribution in [-0.2, 0) is 19.8 Å². The Kier molecular flexibility index (Phi) is 5.25. The van der Waals surface area contributed by atoms with Crippen molar-refractivity contribution in [2.24, 2.45) is 0 Å². The minimum Gasteiger partial charge on any atom is -0.264 e. The van der Waals surface area contributed by atoms with Crippen LogP contribution in [0, 0.1) is 0 Å². The van der Waals surface area contributed by atoms with Crippen molar-refractivity contribution < 1.29 is 0 Å². The predicted octanol–water partition coefficient (Wildman–Crippen LogP) is 4.10. The van der Waals surface area contributed by atoms with E-state index in [1.54, 1.807) is 0 Å². The Hall–Kier alpha value is -3.10.